The van der Waals surface area contributed by atoms with Crippen molar-refractivity contribution in [3.05, 3.63) is 71.9 Å². The van der Waals surface area contributed by atoms with E-state index in [0.717, 1.165) is 25.1 Å². The average Bonchev–Trinajstić information content (AvgIpc) is 2.71. The Bertz CT molecular complexity index is 1020. The Balaban J connectivity index is 1.47. The Morgan fingerprint density at radius 3 is 2.14 bits per heavy atom. The first kappa shape index (κ1) is 17.5. The highest BCUT2D eigenvalue weighted by molar-refractivity contribution is 6.02. The number of carbonyl (C=O) groups excluding carboxylic acids is 1. The van der Waals surface area contributed by atoms with Gasteiger partial charge in [0.05, 0.1) is 0 Å². The molecule has 2 aliphatic rings. The summed E-state index contributed by atoms with van der Waals surface area (Å²) in [6.45, 7) is 0.761. The van der Waals surface area contributed by atoms with Crippen molar-refractivity contribution in [3.63, 3.8) is 0 Å². The van der Waals surface area contributed by atoms with Gasteiger partial charge in [-0.05, 0) is 57.9 Å². The number of rotatable bonds is 3. The molecule has 0 bridgehead atoms. The topological polar surface area (TPSA) is 29.1 Å². The van der Waals surface area contributed by atoms with Crippen LogP contribution in [0.15, 0.2) is 66.4 Å². The van der Waals surface area contributed by atoms with Crippen LogP contribution in [0.2, 0.25) is 0 Å². The summed E-state index contributed by atoms with van der Waals surface area (Å²) in [5.41, 5.74) is 2.67. The molecule has 0 aromatic heterocycles. The van der Waals surface area contributed by atoms with Gasteiger partial charge in [0.1, 0.15) is 0 Å². The zero-order valence-electron chi connectivity index (χ0n) is 16.3. The number of ketones is 1. The lowest BCUT2D eigenvalue weighted by atomic mass is 9.66. The summed E-state index contributed by atoms with van der Waals surface area (Å²) in [6.07, 6.45) is 9.92. The molecular formula is C26H27NO. The molecule has 2 nitrogen and oxygen atoms in total. The number of hydrogen-bond acceptors (Lipinski definition) is 2. The summed E-state index contributed by atoms with van der Waals surface area (Å²) in [4.78, 5) is 12.5. The second kappa shape index (κ2) is 7.09. The van der Waals surface area contributed by atoms with E-state index in [4.69, 9.17) is 0 Å². The Labute approximate surface area is 166 Å². The van der Waals surface area contributed by atoms with E-state index in [-0.39, 0.29) is 5.41 Å². The molecule has 2 heteroatoms. The maximum Gasteiger partial charge on any atom is 0.157 e. The number of hydrogen-bond donors (Lipinski definition) is 1. The van der Waals surface area contributed by atoms with Gasteiger partial charge in [-0.1, -0.05) is 67.8 Å². The van der Waals surface area contributed by atoms with E-state index >= 15 is 0 Å². The molecule has 0 aliphatic heterocycles. The van der Waals surface area contributed by atoms with Gasteiger partial charge in [0.2, 0.25) is 0 Å². The van der Waals surface area contributed by atoms with E-state index in [0.29, 0.717) is 5.78 Å². The molecule has 0 radical (unpaired) electrons. The predicted molar refractivity (Wildman–Crippen MR) is 116 cm³/mol. The molecule has 1 saturated carbocycles. The highest BCUT2D eigenvalue weighted by atomic mass is 16.1. The van der Waals surface area contributed by atoms with Crippen LogP contribution >= 0.6 is 0 Å². The van der Waals surface area contributed by atoms with Gasteiger partial charge in [-0.25, -0.2) is 0 Å². The van der Waals surface area contributed by atoms with Gasteiger partial charge in [0, 0.05) is 24.7 Å². The molecule has 0 atom stereocenters. The normalized spacial score (nSPS) is 19.1. The summed E-state index contributed by atoms with van der Waals surface area (Å²) in [5.74, 6) is 0.304. The minimum atomic E-state index is 0.216. The Morgan fingerprint density at radius 1 is 0.821 bits per heavy atom. The summed E-state index contributed by atoms with van der Waals surface area (Å²) in [5, 5.41) is 8.80. The third-order valence-corrected chi connectivity index (χ3v) is 6.74. The summed E-state index contributed by atoms with van der Waals surface area (Å²) in [6, 6.07) is 19.5. The first-order valence-corrected chi connectivity index (χ1v) is 10.6. The largest absolute Gasteiger partial charge is 0.384 e. The fourth-order valence-electron chi connectivity index (χ4n) is 5.40. The van der Waals surface area contributed by atoms with Crippen LogP contribution in [0.25, 0.3) is 21.5 Å². The number of fused-ring (bicyclic) bond motifs is 2. The lowest BCUT2D eigenvalue weighted by Gasteiger charge is -2.40. The molecule has 0 unspecified atom stereocenters. The molecule has 0 saturated heterocycles. The van der Waals surface area contributed by atoms with E-state index < -0.39 is 0 Å². The van der Waals surface area contributed by atoms with E-state index in [1.54, 1.807) is 0 Å². The number of benzene rings is 3. The minimum Gasteiger partial charge on any atom is -0.384 e. The van der Waals surface area contributed by atoms with Gasteiger partial charge in [-0.3, -0.25) is 4.79 Å². The summed E-state index contributed by atoms with van der Waals surface area (Å²) < 4.78 is 0. The van der Waals surface area contributed by atoms with Crippen LogP contribution in [-0.4, -0.2) is 5.78 Å². The van der Waals surface area contributed by atoms with E-state index in [1.165, 1.54) is 59.2 Å². The monoisotopic (exact) mass is 369 g/mol. The van der Waals surface area contributed by atoms with Crippen molar-refractivity contribution in [1.29, 1.82) is 0 Å². The number of nitrogens with one attached hydrogen (secondary N) is 1. The highest BCUT2D eigenvalue weighted by Crippen LogP contribution is 2.46. The molecule has 0 amide bonds. The Kier molecular flexibility index (Phi) is 4.43. The zero-order chi connectivity index (χ0) is 19.0. The lowest BCUT2D eigenvalue weighted by molar-refractivity contribution is -0.118. The van der Waals surface area contributed by atoms with Crippen LogP contribution in [0.4, 0.5) is 0 Å². The van der Waals surface area contributed by atoms with Crippen molar-refractivity contribution in [2.45, 2.75) is 51.5 Å². The second-order valence-electron chi connectivity index (χ2n) is 8.70. The third-order valence-electron chi connectivity index (χ3n) is 6.74. The van der Waals surface area contributed by atoms with Crippen molar-refractivity contribution < 1.29 is 4.79 Å². The third kappa shape index (κ3) is 3.22. The van der Waals surface area contributed by atoms with E-state index in [2.05, 4.69) is 59.9 Å². The van der Waals surface area contributed by atoms with Gasteiger partial charge in [-0.2, -0.15) is 0 Å². The molecule has 3 aromatic carbocycles. The van der Waals surface area contributed by atoms with E-state index in [1.807, 2.05) is 6.08 Å². The summed E-state index contributed by atoms with van der Waals surface area (Å²) in [7, 11) is 0. The van der Waals surface area contributed by atoms with Gasteiger partial charge in [-0.15, -0.1) is 0 Å². The van der Waals surface area contributed by atoms with E-state index in [9.17, 15) is 4.79 Å². The molecule has 1 fully saturated rings. The van der Waals surface area contributed by atoms with Gasteiger partial charge >= 0.3 is 0 Å². The molecule has 1 N–H and O–H groups in total. The highest BCUT2D eigenvalue weighted by Gasteiger charge is 2.37. The van der Waals surface area contributed by atoms with Crippen molar-refractivity contribution in [2.24, 2.45) is 5.41 Å². The first-order valence-electron chi connectivity index (χ1n) is 10.6. The fraction of sp³-hybridized carbons (Fsp3) is 0.346. The predicted octanol–water partition coefficient (Wildman–Crippen LogP) is 6.28. The SMILES string of the molecule is O=C1C=C(NCc2c3ccccc3cc3ccccc23)CC2(CCCCC2)C1. The molecule has 28 heavy (non-hydrogen) atoms. The quantitative estimate of drug-likeness (QED) is 0.551. The van der Waals surface area contributed by atoms with Crippen LogP contribution in [0.1, 0.15) is 50.5 Å². The Hall–Kier alpha value is -2.61. The van der Waals surface area contributed by atoms with Gasteiger partial charge < -0.3 is 5.32 Å². The van der Waals surface area contributed by atoms with Gasteiger partial charge in [0.25, 0.3) is 0 Å². The van der Waals surface area contributed by atoms with Crippen molar-refractivity contribution in [1.82, 2.24) is 5.32 Å². The smallest absolute Gasteiger partial charge is 0.157 e. The molecule has 5 rings (SSSR count). The second-order valence-corrected chi connectivity index (χ2v) is 8.70. The molecule has 3 aromatic rings. The van der Waals surface area contributed by atoms with Crippen LogP contribution in [0.3, 0.4) is 0 Å². The van der Waals surface area contributed by atoms with Crippen molar-refractivity contribution >= 4 is 27.3 Å². The van der Waals surface area contributed by atoms with Crippen molar-refractivity contribution in [3.8, 4) is 0 Å². The fourth-order valence-corrected chi connectivity index (χ4v) is 5.40. The maximum absolute atomic E-state index is 12.5. The standard InChI is InChI=1S/C26H27NO/c28-22-15-21(16-26(17-22)12-6-1-7-13-26)27-18-25-23-10-4-2-8-19(23)14-20-9-3-5-11-24(20)25/h2-5,8-11,14-15,27H,1,6-7,12-13,16-18H2. The average molecular weight is 370 g/mol. The zero-order valence-corrected chi connectivity index (χ0v) is 16.3. The molecule has 0 heterocycles. The maximum atomic E-state index is 12.5. The Morgan fingerprint density at radius 2 is 1.46 bits per heavy atom. The molecule has 1 spiro atoms. The summed E-state index contributed by atoms with van der Waals surface area (Å²) >= 11 is 0. The molecular weight excluding hydrogens is 342 g/mol. The van der Waals surface area contributed by atoms with Gasteiger partial charge in [0.15, 0.2) is 5.78 Å². The minimum absolute atomic E-state index is 0.216. The van der Waals surface area contributed by atoms with Crippen LogP contribution in [0, 0.1) is 5.41 Å². The number of allylic oxidation sites excluding steroid dienone is 2. The van der Waals surface area contributed by atoms with Crippen LogP contribution in [-0.2, 0) is 11.3 Å². The van der Waals surface area contributed by atoms with Crippen LogP contribution < -0.4 is 5.32 Å². The molecule has 142 valence electrons. The van der Waals surface area contributed by atoms with Crippen molar-refractivity contribution in [2.75, 3.05) is 0 Å². The molecule has 2 aliphatic carbocycles. The number of carbonyl (C=O) groups is 1. The van der Waals surface area contributed by atoms with Crippen LogP contribution in [0.5, 0.6) is 0 Å². The lowest BCUT2D eigenvalue weighted by Crippen LogP contribution is -2.34. The first-order chi connectivity index (χ1) is 13.7.